The molecule has 4 heteroatoms. The SMILES string of the molecule is COc1cc(OC)nc(Cc2ccccc2)n1. The summed E-state index contributed by atoms with van der Waals surface area (Å²) >= 11 is 0. The van der Waals surface area contributed by atoms with Crippen molar-refractivity contribution in [1.29, 1.82) is 0 Å². The molecule has 1 heterocycles. The molecule has 0 saturated carbocycles. The molecule has 17 heavy (non-hydrogen) atoms. The van der Waals surface area contributed by atoms with Crippen LogP contribution in [0.2, 0.25) is 0 Å². The van der Waals surface area contributed by atoms with Gasteiger partial charge in [0.05, 0.1) is 20.3 Å². The first-order chi connectivity index (χ1) is 8.31. The normalized spacial score (nSPS) is 10.0. The second kappa shape index (κ2) is 5.30. The lowest BCUT2D eigenvalue weighted by Crippen LogP contribution is -2.01. The number of benzene rings is 1. The van der Waals surface area contributed by atoms with Crippen LogP contribution in [0.1, 0.15) is 11.4 Å². The third-order valence-electron chi connectivity index (χ3n) is 2.35. The van der Waals surface area contributed by atoms with Gasteiger partial charge in [-0.15, -0.1) is 0 Å². The lowest BCUT2D eigenvalue weighted by molar-refractivity contribution is 0.369. The summed E-state index contributed by atoms with van der Waals surface area (Å²) in [5.74, 6) is 1.72. The topological polar surface area (TPSA) is 44.2 Å². The largest absolute Gasteiger partial charge is 0.481 e. The zero-order valence-corrected chi connectivity index (χ0v) is 9.88. The van der Waals surface area contributed by atoms with Crippen molar-refractivity contribution in [3.63, 3.8) is 0 Å². The minimum Gasteiger partial charge on any atom is -0.481 e. The summed E-state index contributed by atoms with van der Waals surface area (Å²) in [7, 11) is 3.15. The smallest absolute Gasteiger partial charge is 0.220 e. The Morgan fingerprint density at radius 1 is 0.941 bits per heavy atom. The average molecular weight is 230 g/mol. The van der Waals surface area contributed by atoms with E-state index in [1.54, 1.807) is 20.3 Å². The van der Waals surface area contributed by atoms with E-state index in [0.717, 1.165) is 5.56 Å². The van der Waals surface area contributed by atoms with Crippen LogP contribution in [0.4, 0.5) is 0 Å². The first-order valence-corrected chi connectivity index (χ1v) is 5.31. The van der Waals surface area contributed by atoms with Crippen molar-refractivity contribution < 1.29 is 9.47 Å². The second-order valence-electron chi connectivity index (χ2n) is 3.53. The van der Waals surface area contributed by atoms with E-state index in [4.69, 9.17) is 9.47 Å². The van der Waals surface area contributed by atoms with Gasteiger partial charge < -0.3 is 9.47 Å². The fraction of sp³-hybridized carbons (Fsp3) is 0.231. The van der Waals surface area contributed by atoms with Gasteiger partial charge in [-0.1, -0.05) is 30.3 Å². The van der Waals surface area contributed by atoms with Gasteiger partial charge in [-0.25, -0.2) is 0 Å². The summed E-state index contributed by atoms with van der Waals surface area (Å²) in [6.07, 6.45) is 0.661. The highest BCUT2D eigenvalue weighted by Gasteiger charge is 2.05. The van der Waals surface area contributed by atoms with Crippen LogP contribution in [0.5, 0.6) is 11.8 Å². The fourth-order valence-corrected chi connectivity index (χ4v) is 1.52. The minimum atomic E-state index is 0.516. The summed E-state index contributed by atoms with van der Waals surface area (Å²) < 4.78 is 10.2. The van der Waals surface area contributed by atoms with E-state index in [0.29, 0.717) is 24.0 Å². The van der Waals surface area contributed by atoms with E-state index in [2.05, 4.69) is 9.97 Å². The predicted octanol–water partition coefficient (Wildman–Crippen LogP) is 2.08. The summed E-state index contributed by atoms with van der Waals surface area (Å²) in [6, 6.07) is 11.7. The summed E-state index contributed by atoms with van der Waals surface area (Å²) in [5.41, 5.74) is 1.16. The lowest BCUT2D eigenvalue weighted by Gasteiger charge is -2.06. The number of ether oxygens (including phenoxy) is 2. The quantitative estimate of drug-likeness (QED) is 0.806. The standard InChI is InChI=1S/C13H14N2O2/c1-16-12-9-13(17-2)15-11(14-12)8-10-6-4-3-5-7-10/h3-7,9H,8H2,1-2H3. The molecule has 0 bridgehead atoms. The number of hydrogen-bond acceptors (Lipinski definition) is 4. The Morgan fingerprint density at radius 3 is 2.06 bits per heavy atom. The summed E-state index contributed by atoms with van der Waals surface area (Å²) in [6.45, 7) is 0. The van der Waals surface area contributed by atoms with Gasteiger partial charge in [-0.2, -0.15) is 9.97 Å². The van der Waals surface area contributed by atoms with E-state index < -0.39 is 0 Å². The summed E-state index contributed by atoms with van der Waals surface area (Å²) in [5, 5.41) is 0. The number of rotatable bonds is 4. The first kappa shape index (κ1) is 11.4. The van der Waals surface area contributed by atoms with Gasteiger partial charge in [-0.05, 0) is 5.56 Å². The number of nitrogens with zero attached hydrogens (tertiary/aromatic N) is 2. The van der Waals surface area contributed by atoms with Crippen molar-refractivity contribution in [3.05, 3.63) is 47.8 Å². The summed E-state index contributed by atoms with van der Waals surface area (Å²) in [4.78, 5) is 8.56. The maximum Gasteiger partial charge on any atom is 0.220 e. The van der Waals surface area contributed by atoms with Crippen LogP contribution in [0.15, 0.2) is 36.4 Å². The van der Waals surface area contributed by atoms with Crippen molar-refractivity contribution in [3.8, 4) is 11.8 Å². The fourth-order valence-electron chi connectivity index (χ4n) is 1.52. The van der Waals surface area contributed by atoms with Gasteiger partial charge in [0.2, 0.25) is 11.8 Å². The third-order valence-corrected chi connectivity index (χ3v) is 2.35. The van der Waals surface area contributed by atoms with Crippen molar-refractivity contribution in [2.24, 2.45) is 0 Å². The van der Waals surface area contributed by atoms with Crippen molar-refractivity contribution in [2.45, 2.75) is 6.42 Å². The Bertz CT molecular complexity index is 464. The molecule has 0 amide bonds. The Kier molecular flexibility index (Phi) is 3.55. The number of aromatic nitrogens is 2. The van der Waals surface area contributed by atoms with Gasteiger partial charge in [-0.3, -0.25) is 0 Å². The molecule has 0 fully saturated rings. The van der Waals surface area contributed by atoms with Crippen LogP contribution in [-0.2, 0) is 6.42 Å². The molecule has 2 aromatic rings. The monoisotopic (exact) mass is 230 g/mol. The van der Waals surface area contributed by atoms with E-state index in [1.807, 2.05) is 30.3 Å². The molecule has 88 valence electrons. The van der Waals surface area contributed by atoms with Gasteiger partial charge >= 0.3 is 0 Å². The highest BCUT2D eigenvalue weighted by molar-refractivity contribution is 5.24. The lowest BCUT2D eigenvalue weighted by atomic mass is 10.1. The highest BCUT2D eigenvalue weighted by atomic mass is 16.5. The van der Waals surface area contributed by atoms with Crippen LogP contribution in [0, 0.1) is 0 Å². The number of methoxy groups -OCH3 is 2. The molecule has 1 aromatic carbocycles. The minimum absolute atomic E-state index is 0.516. The molecule has 0 spiro atoms. The van der Waals surface area contributed by atoms with Crippen molar-refractivity contribution in [1.82, 2.24) is 9.97 Å². The first-order valence-electron chi connectivity index (χ1n) is 5.31. The molecule has 0 aliphatic carbocycles. The Morgan fingerprint density at radius 2 is 1.53 bits per heavy atom. The zero-order chi connectivity index (χ0) is 12.1. The van der Waals surface area contributed by atoms with E-state index in [1.165, 1.54) is 0 Å². The maximum absolute atomic E-state index is 5.10. The maximum atomic E-state index is 5.10. The van der Waals surface area contributed by atoms with Gasteiger partial charge in [0.25, 0.3) is 0 Å². The van der Waals surface area contributed by atoms with Gasteiger partial charge in [0.1, 0.15) is 5.82 Å². The molecule has 0 unspecified atom stereocenters. The molecule has 2 rings (SSSR count). The average Bonchev–Trinajstić information content (AvgIpc) is 2.39. The van der Waals surface area contributed by atoms with E-state index >= 15 is 0 Å². The van der Waals surface area contributed by atoms with Crippen molar-refractivity contribution in [2.75, 3.05) is 14.2 Å². The molecule has 0 saturated heterocycles. The molecule has 0 aliphatic heterocycles. The van der Waals surface area contributed by atoms with Crippen LogP contribution in [0.25, 0.3) is 0 Å². The van der Waals surface area contributed by atoms with E-state index in [9.17, 15) is 0 Å². The zero-order valence-electron chi connectivity index (χ0n) is 9.88. The predicted molar refractivity (Wildman–Crippen MR) is 64.4 cm³/mol. The third kappa shape index (κ3) is 2.93. The highest BCUT2D eigenvalue weighted by Crippen LogP contribution is 2.16. The molecule has 0 radical (unpaired) electrons. The molecule has 0 aliphatic rings. The second-order valence-corrected chi connectivity index (χ2v) is 3.53. The van der Waals surface area contributed by atoms with Crippen LogP contribution >= 0.6 is 0 Å². The Hall–Kier alpha value is -2.10. The van der Waals surface area contributed by atoms with Crippen molar-refractivity contribution >= 4 is 0 Å². The molecular weight excluding hydrogens is 216 g/mol. The van der Waals surface area contributed by atoms with Crippen LogP contribution < -0.4 is 9.47 Å². The molecular formula is C13H14N2O2. The molecule has 0 atom stereocenters. The van der Waals surface area contributed by atoms with Crippen LogP contribution in [-0.4, -0.2) is 24.2 Å². The van der Waals surface area contributed by atoms with Gasteiger partial charge in [0.15, 0.2) is 0 Å². The van der Waals surface area contributed by atoms with Crippen LogP contribution in [0.3, 0.4) is 0 Å². The molecule has 0 N–H and O–H groups in total. The van der Waals surface area contributed by atoms with E-state index in [-0.39, 0.29) is 0 Å². The molecule has 4 nitrogen and oxygen atoms in total. The Labute approximate surface area is 100 Å². The molecule has 1 aromatic heterocycles. The number of hydrogen-bond donors (Lipinski definition) is 0. The Balaban J connectivity index is 2.26. The van der Waals surface area contributed by atoms with Gasteiger partial charge in [0, 0.05) is 6.42 Å².